The lowest BCUT2D eigenvalue weighted by Crippen LogP contribution is -2.42. The molecular formula is C19H19ClN4O4. The fourth-order valence-corrected chi connectivity index (χ4v) is 3.53. The normalized spacial score (nSPS) is 15.4. The molecule has 3 N–H and O–H groups in total. The van der Waals surface area contributed by atoms with Crippen molar-refractivity contribution in [3.8, 4) is 5.75 Å². The Morgan fingerprint density at radius 1 is 1.43 bits per heavy atom. The molecule has 0 radical (unpaired) electrons. The molecule has 9 heteroatoms. The lowest BCUT2D eigenvalue weighted by Gasteiger charge is -2.32. The van der Waals surface area contributed by atoms with Crippen LogP contribution in [-0.2, 0) is 23.4 Å². The minimum Gasteiger partial charge on any atom is -0.501 e. The molecule has 0 saturated carbocycles. The number of aromatic nitrogens is 3. The van der Waals surface area contributed by atoms with Gasteiger partial charge < -0.3 is 20.1 Å². The number of hydrogen-bond acceptors (Lipinski definition) is 5. The average molecular weight is 403 g/mol. The number of hydrogen-bond donors (Lipinski definition) is 3. The van der Waals surface area contributed by atoms with E-state index in [1.807, 2.05) is 18.2 Å². The van der Waals surface area contributed by atoms with Gasteiger partial charge in [0.1, 0.15) is 11.4 Å². The van der Waals surface area contributed by atoms with E-state index >= 15 is 0 Å². The van der Waals surface area contributed by atoms with Crippen LogP contribution in [0.15, 0.2) is 29.1 Å². The van der Waals surface area contributed by atoms with E-state index < -0.39 is 22.8 Å². The van der Waals surface area contributed by atoms with Gasteiger partial charge in [-0.2, -0.15) is 0 Å². The number of H-pyrrole nitrogens is 1. The van der Waals surface area contributed by atoms with E-state index in [-0.39, 0.29) is 18.8 Å². The molecule has 0 fully saturated rings. The van der Waals surface area contributed by atoms with Gasteiger partial charge in [-0.15, -0.1) is 0 Å². The highest BCUT2D eigenvalue weighted by atomic mass is 35.5. The number of amides is 1. The number of rotatable bonds is 3. The van der Waals surface area contributed by atoms with Crippen LogP contribution < -0.4 is 10.9 Å². The fraction of sp³-hybridized carbons (Fsp3) is 0.316. The molecule has 0 aliphatic carbocycles. The maximum Gasteiger partial charge on any atom is 0.296 e. The molecule has 0 bridgehead atoms. The van der Waals surface area contributed by atoms with Crippen LogP contribution in [0.2, 0.25) is 5.02 Å². The maximum atomic E-state index is 12.6. The molecule has 8 nitrogen and oxygen atoms in total. The van der Waals surface area contributed by atoms with Gasteiger partial charge in [-0.05, 0) is 38.1 Å². The quantitative estimate of drug-likeness (QED) is 0.622. The van der Waals surface area contributed by atoms with Crippen molar-refractivity contribution in [1.82, 2.24) is 19.9 Å². The number of fused-ring (bicyclic) bond motifs is 2. The fourth-order valence-electron chi connectivity index (χ4n) is 3.34. The van der Waals surface area contributed by atoms with Crippen molar-refractivity contribution >= 4 is 28.4 Å². The maximum absolute atomic E-state index is 12.6. The molecule has 1 aromatic carbocycles. The number of nitrogens with one attached hydrogen (secondary N) is 2. The zero-order valence-corrected chi connectivity index (χ0v) is 16.1. The summed E-state index contributed by atoms with van der Waals surface area (Å²) in [5.41, 5.74) is -0.152. The SMILES string of the molecule is CC1(C)OCCn2c1nc(C(=O)NCc1cc3cc(Cl)ccc3[nH]1)c(O)c2=O. The first kappa shape index (κ1) is 18.5. The first-order valence-corrected chi connectivity index (χ1v) is 9.17. The van der Waals surface area contributed by atoms with Crippen LogP contribution >= 0.6 is 11.6 Å². The van der Waals surface area contributed by atoms with E-state index in [0.29, 0.717) is 17.5 Å². The second-order valence-electron chi connectivity index (χ2n) is 7.16. The molecule has 0 saturated heterocycles. The van der Waals surface area contributed by atoms with E-state index in [1.165, 1.54) is 4.57 Å². The monoisotopic (exact) mass is 402 g/mol. The second kappa shape index (κ2) is 6.65. The highest BCUT2D eigenvalue weighted by Crippen LogP contribution is 2.27. The molecule has 2 aromatic heterocycles. The third-order valence-electron chi connectivity index (χ3n) is 4.75. The van der Waals surface area contributed by atoms with E-state index in [1.54, 1.807) is 19.9 Å². The Kier molecular flexibility index (Phi) is 4.40. The van der Waals surface area contributed by atoms with Crippen molar-refractivity contribution in [3.05, 3.63) is 56.9 Å². The van der Waals surface area contributed by atoms with Crippen LogP contribution in [0.3, 0.4) is 0 Å². The Morgan fingerprint density at radius 3 is 3.00 bits per heavy atom. The van der Waals surface area contributed by atoms with E-state index in [9.17, 15) is 14.7 Å². The Balaban J connectivity index is 1.61. The molecule has 1 amide bonds. The summed E-state index contributed by atoms with van der Waals surface area (Å²) in [6.45, 7) is 4.30. The van der Waals surface area contributed by atoms with Gasteiger partial charge >= 0.3 is 0 Å². The van der Waals surface area contributed by atoms with Crippen molar-refractivity contribution in [2.75, 3.05) is 6.61 Å². The number of benzene rings is 1. The predicted molar refractivity (Wildman–Crippen MR) is 104 cm³/mol. The van der Waals surface area contributed by atoms with Gasteiger partial charge in [-0.25, -0.2) is 4.98 Å². The predicted octanol–water partition coefficient (Wildman–Crippen LogP) is 2.28. The number of aromatic hydroxyl groups is 1. The summed E-state index contributed by atoms with van der Waals surface area (Å²) in [6, 6.07) is 7.31. The first-order valence-electron chi connectivity index (χ1n) is 8.80. The van der Waals surface area contributed by atoms with Crippen molar-refractivity contribution in [2.24, 2.45) is 0 Å². The van der Waals surface area contributed by atoms with Gasteiger partial charge in [-0.3, -0.25) is 14.2 Å². The molecule has 1 aliphatic rings. The smallest absolute Gasteiger partial charge is 0.296 e. The van der Waals surface area contributed by atoms with Crippen LogP contribution in [0.1, 0.15) is 35.9 Å². The minimum atomic E-state index is -0.837. The molecule has 4 rings (SSSR count). The molecule has 0 atom stereocenters. The van der Waals surface area contributed by atoms with Crippen molar-refractivity contribution in [3.63, 3.8) is 0 Å². The third-order valence-corrected chi connectivity index (χ3v) is 4.99. The molecular weight excluding hydrogens is 384 g/mol. The highest BCUT2D eigenvalue weighted by Gasteiger charge is 2.34. The summed E-state index contributed by atoms with van der Waals surface area (Å²) >= 11 is 5.99. The van der Waals surface area contributed by atoms with Crippen molar-refractivity contribution < 1.29 is 14.6 Å². The van der Waals surface area contributed by atoms with E-state index in [0.717, 1.165) is 16.6 Å². The molecule has 3 aromatic rings. The average Bonchev–Trinajstić information content (AvgIpc) is 3.04. The summed E-state index contributed by atoms with van der Waals surface area (Å²) in [7, 11) is 0. The summed E-state index contributed by atoms with van der Waals surface area (Å²) in [4.78, 5) is 32.5. The summed E-state index contributed by atoms with van der Waals surface area (Å²) < 4.78 is 6.99. The number of carbonyl (C=O) groups excluding carboxylic acids is 1. The summed E-state index contributed by atoms with van der Waals surface area (Å²) in [6.07, 6.45) is 0. The van der Waals surface area contributed by atoms with Crippen LogP contribution in [0.5, 0.6) is 5.75 Å². The molecule has 28 heavy (non-hydrogen) atoms. The van der Waals surface area contributed by atoms with Crippen LogP contribution in [0, 0.1) is 0 Å². The first-order chi connectivity index (χ1) is 13.3. The topological polar surface area (TPSA) is 109 Å². The van der Waals surface area contributed by atoms with Crippen molar-refractivity contribution in [1.29, 1.82) is 0 Å². The molecule has 0 spiro atoms. The zero-order valence-electron chi connectivity index (χ0n) is 15.4. The molecule has 146 valence electrons. The Hall–Kier alpha value is -2.84. The van der Waals surface area contributed by atoms with E-state index in [2.05, 4.69) is 15.3 Å². The van der Waals surface area contributed by atoms with Crippen LogP contribution in [-0.4, -0.2) is 32.2 Å². The number of halogens is 1. The van der Waals surface area contributed by atoms with Crippen LogP contribution in [0.4, 0.5) is 0 Å². The third kappa shape index (κ3) is 3.14. The Bertz CT molecular complexity index is 1150. The summed E-state index contributed by atoms with van der Waals surface area (Å²) in [5, 5.41) is 14.4. The van der Waals surface area contributed by atoms with Gasteiger partial charge in [0, 0.05) is 21.6 Å². The number of nitrogens with zero attached hydrogens (tertiary/aromatic N) is 2. The van der Waals surface area contributed by atoms with Gasteiger partial charge in [0.15, 0.2) is 5.69 Å². The van der Waals surface area contributed by atoms with Gasteiger partial charge in [-0.1, -0.05) is 11.6 Å². The van der Waals surface area contributed by atoms with Gasteiger partial charge in [0.05, 0.1) is 19.7 Å². The standard InChI is InChI=1S/C19H19ClN4O4/c1-19(2)18-23-14(15(25)17(27)24(18)5-6-28-19)16(26)21-9-12-8-10-7-11(20)3-4-13(10)22-12/h3-4,7-8,22,25H,5-6,9H2,1-2H3,(H,21,26). The van der Waals surface area contributed by atoms with Crippen molar-refractivity contribution in [2.45, 2.75) is 32.5 Å². The van der Waals surface area contributed by atoms with Gasteiger partial charge in [0.25, 0.3) is 11.5 Å². The summed E-state index contributed by atoms with van der Waals surface area (Å²) in [5.74, 6) is -0.995. The Morgan fingerprint density at radius 2 is 2.21 bits per heavy atom. The van der Waals surface area contributed by atoms with Crippen LogP contribution in [0.25, 0.3) is 10.9 Å². The highest BCUT2D eigenvalue weighted by molar-refractivity contribution is 6.31. The second-order valence-corrected chi connectivity index (χ2v) is 7.59. The number of aromatic amines is 1. The zero-order chi connectivity index (χ0) is 20.1. The number of carbonyl (C=O) groups is 1. The molecule has 1 aliphatic heterocycles. The largest absolute Gasteiger partial charge is 0.501 e. The van der Waals surface area contributed by atoms with E-state index in [4.69, 9.17) is 16.3 Å². The minimum absolute atomic E-state index is 0.171. The Labute approximate surface area is 165 Å². The number of ether oxygens (including phenoxy) is 1. The van der Waals surface area contributed by atoms with Gasteiger partial charge in [0.2, 0.25) is 5.75 Å². The molecule has 3 heterocycles. The lowest BCUT2D eigenvalue weighted by atomic mass is 10.1. The molecule has 0 unspecified atom stereocenters. The lowest BCUT2D eigenvalue weighted by molar-refractivity contribution is -0.0566.